The lowest BCUT2D eigenvalue weighted by molar-refractivity contribution is 0.0559. The minimum atomic E-state index is -3.72. The number of hydrogen-bond acceptors (Lipinski definition) is 10. The zero-order chi connectivity index (χ0) is 22.2. The molecule has 12 nitrogen and oxygen atoms in total. The Bertz CT molecular complexity index is 1030. The summed E-state index contributed by atoms with van der Waals surface area (Å²) in [6.45, 7) is 3.87. The van der Waals surface area contributed by atoms with Crippen molar-refractivity contribution in [2.24, 2.45) is 5.14 Å². The van der Waals surface area contributed by atoms with E-state index in [1.165, 1.54) is 11.4 Å². The van der Waals surface area contributed by atoms with Crippen LogP contribution in [0.15, 0.2) is 18.5 Å². The molecule has 13 heteroatoms. The SMILES string of the molecule is C[C@H]1COCCN1c1nc(OC2CC(N(C)S(N)(=O)=O)C2)cc(-c2cnc(N)nc2)n1. The summed E-state index contributed by atoms with van der Waals surface area (Å²) in [7, 11) is -2.25. The van der Waals surface area contributed by atoms with Gasteiger partial charge in [-0.2, -0.15) is 17.7 Å². The average molecular weight is 451 g/mol. The highest BCUT2D eigenvalue weighted by molar-refractivity contribution is 7.86. The number of nitrogen functional groups attached to an aromatic ring is 1. The van der Waals surface area contributed by atoms with Crippen molar-refractivity contribution in [2.75, 3.05) is 37.4 Å². The Morgan fingerprint density at radius 3 is 2.61 bits per heavy atom. The third kappa shape index (κ3) is 4.84. The first kappa shape index (κ1) is 21.6. The molecule has 0 unspecified atom stereocenters. The Labute approximate surface area is 180 Å². The third-order valence-electron chi connectivity index (χ3n) is 5.56. The van der Waals surface area contributed by atoms with Crippen LogP contribution in [0.25, 0.3) is 11.3 Å². The molecule has 2 aliphatic rings. The maximum absolute atomic E-state index is 11.5. The summed E-state index contributed by atoms with van der Waals surface area (Å²) in [5.41, 5.74) is 6.89. The summed E-state index contributed by atoms with van der Waals surface area (Å²) in [6.07, 6.45) is 4.08. The van der Waals surface area contributed by atoms with Crippen LogP contribution < -0.4 is 20.5 Å². The first-order valence-corrected chi connectivity index (χ1v) is 11.4. The predicted molar refractivity (Wildman–Crippen MR) is 113 cm³/mol. The van der Waals surface area contributed by atoms with E-state index in [1.807, 2.05) is 6.92 Å². The molecule has 2 aromatic rings. The molecule has 0 bridgehead atoms. The number of aromatic nitrogens is 4. The molecule has 1 atom stereocenters. The van der Waals surface area contributed by atoms with Crippen LogP contribution >= 0.6 is 0 Å². The highest BCUT2D eigenvalue weighted by Crippen LogP contribution is 2.32. The van der Waals surface area contributed by atoms with Crippen LogP contribution in [-0.4, -0.2) is 77.7 Å². The van der Waals surface area contributed by atoms with E-state index < -0.39 is 10.2 Å². The van der Waals surface area contributed by atoms with Gasteiger partial charge in [0.15, 0.2) is 0 Å². The van der Waals surface area contributed by atoms with Crippen molar-refractivity contribution in [2.45, 2.75) is 38.0 Å². The van der Waals surface area contributed by atoms with E-state index in [-0.39, 0.29) is 24.1 Å². The molecular formula is C18H26N8O4S. The third-order valence-corrected chi connectivity index (χ3v) is 6.66. The normalized spacial score (nSPS) is 24.1. The molecule has 1 aliphatic carbocycles. The Kier molecular flexibility index (Phi) is 5.92. The van der Waals surface area contributed by atoms with Crippen LogP contribution in [0.1, 0.15) is 19.8 Å². The van der Waals surface area contributed by atoms with Crippen molar-refractivity contribution in [3.05, 3.63) is 18.5 Å². The summed E-state index contributed by atoms with van der Waals surface area (Å²) in [5, 5.41) is 5.20. The van der Waals surface area contributed by atoms with Crippen molar-refractivity contribution in [3.8, 4) is 17.1 Å². The van der Waals surface area contributed by atoms with Gasteiger partial charge in [-0.05, 0) is 6.92 Å². The molecule has 0 spiro atoms. The van der Waals surface area contributed by atoms with Gasteiger partial charge in [0.05, 0.1) is 24.9 Å². The first-order valence-electron chi connectivity index (χ1n) is 9.94. The molecule has 31 heavy (non-hydrogen) atoms. The number of ether oxygens (including phenoxy) is 2. The number of anilines is 2. The molecule has 0 aromatic carbocycles. The monoisotopic (exact) mass is 450 g/mol. The molecule has 2 aromatic heterocycles. The van der Waals surface area contributed by atoms with Gasteiger partial charge in [0.2, 0.25) is 17.8 Å². The fraction of sp³-hybridized carbons (Fsp3) is 0.556. The topological polar surface area (TPSA) is 163 Å². The largest absolute Gasteiger partial charge is 0.474 e. The second-order valence-corrected chi connectivity index (χ2v) is 9.37. The van der Waals surface area contributed by atoms with Crippen molar-refractivity contribution in [1.29, 1.82) is 0 Å². The molecule has 4 rings (SSSR count). The molecule has 0 amide bonds. The predicted octanol–water partition coefficient (Wildman–Crippen LogP) is -0.214. The van der Waals surface area contributed by atoms with Crippen LogP contribution in [0.2, 0.25) is 0 Å². The summed E-state index contributed by atoms with van der Waals surface area (Å²) >= 11 is 0. The van der Waals surface area contributed by atoms with Crippen molar-refractivity contribution >= 4 is 22.1 Å². The van der Waals surface area contributed by atoms with Gasteiger partial charge in [-0.15, -0.1) is 0 Å². The molecule has 1 saturated heterocycles. The smallest absolute Gasteiger partial charge is 0.276 e. The Morgan fingerprint density at radius 2 is 1.97 bits per heavy atom. The first-order chi connectivity index (χ1) is 14.7. The summed E-state index contributed by atoms with van der Waals surface area (Å²) in [4.78, 5) is 19.4. The van der Waals surface area contributed by atoms with Gasteiger partial charge < -0.3 is 20.1 Å². The van der Waals surface area contributed by atoms with Gasteiger partial charge in [0.1, 0.15) is 6.10 Å². The Balaban J connectivity index is 1.57. The van der Waals surface area contributed by atoms with Crippen LogP contribution in [0.4, 0.5) is 11.9 Å². The van der Waals surface area contributed by atoms with Gasteiger partial charge in [-0.25, -0.2) is 20.1 Å². The molecule has 1 saturated carbocycles. The fourth-order valence-corrected chi connectivity index (χ4v) is 4.14. The number of nitrogens with two attached hydrogens (primary N) is 2. The van der Waals surface area contributed by atoms with Crippen LogP contribution in [-0.2, 0) is 14.9 Å². The highest BCUT2D eigenvalue weighted by atomic mass is 32.2. The molecule has 0 radical (unpaired) electrons. The summed E-state index contributed by atoms with van der Waals surface area (Å²) in [6, 6.07) is 1.64. The van der Waals surface area contributed by atoms with Crippen LogP contribution in [0, 0.1) is 0 Å². The van der Waals surface area contributed by atoms with Gasteiger partial charge in [-0.1, -0.05) is 0 Å². The molecule has 2 fully saturated rings. The quantitative estimate of drug-likeness (QED) is 0.602. The number of hydrogen-bond donors (Lipinski definition) is 2. The molecule has 4 N–H and O–H groups in total. The number of rotatable bonds is 6. The van der Waals surface area contributed by atoms with E-state index in [4.69, 9.17) is 20.3 Å². The lowest BCUT2D eigenvalue weighted by atomic mass is 9.89. The van der Waals surface area contributed by atoms with E-state index in [2.05, 4.69) is 24.8 Å². The maximum Gasteiger partial charge on any atom is 0.276 e. The van der Waals surface area contributed by atoms with Crippen molar-refractivity contribution in [1.82, 2.24) is 24.2 Å². The highest BCUT2D eigenvalue weighted by Gasteiger charge is 2.38. The number of morpholine rings is 1. The zero-order valence-electron chi connectivity index (χ0n) is 17.4. The van der Waals surface area contributed by atoms with E-state index in [9.17, 15) is 8.42 Å². The van der Waals surface area contributed by atoms with E-state index in [0.29, 0.717) is 55.7 Å². The van der Waals surface area contributed by atoms with Gasteiger partial charge in [0, 0.05) is 56.5 Å². The van der Waals surface area contributed by atoms with Gasteiger partial charge >= 0.3 is 0 Å². The molecule has 168 valence electrons. The minimum Gasteiger partial charge on any atom is -0.474 e. The fourth-order valence-electron chi connectivity index (χ4n) is 3.55. The molecule has 3 heterocycles. The summed E-state index contributed by atoms with van der Waals surface area (Å²) < 4.78 is 35.8. The second kappa shape index (κ2) is 8.49. The Morgan fingerprint density at radius 1 is 1.26 bits per heavy atom. The Hall–Kier alpha value is -2.61. The van der Waals surface area contributed by atoms with Crippen LogP contribution in [0.3, 0.4) is 0 Å². The van der Waals surface area contributed by atoms with Crippen molar-refractivity contribution < 1.29 is 17.9 Å². The average Bonchev–Trinajstić information content (AvgIpc) is 2.70. The number of nitrogens with zero attached hydrogens (tertiary/aromatic N) is 6. The van der Waals surface area contributed by atoms with E-state index in [0.717, 1.165) is 0 Å². The van der Waals surface area contributed by atoms with Crippen LogP contribution in [0.5, 0.6) is 5.88 Å². The summed E-state index contributed by atoms with van der Waals surface area (Å²) in [5.74, 6) is 1.10. The standard InChI is InChI=1S/C18H26N8O4S/c1-11-10-29-4-3-26(11)18-23-15(12-8-21-17(19)22-9-12)7-16(24-18)30-14-5-13(6-14)25(2)31(20,27)28/h7-9,11,13-14H,3-6,10H2,1-2H3,(H2,19,21,22)(H2,20,27,28)/t11-,13?,14?/m0/s1. The second-order valence-electron chi connectivity index (χ2n) is 7.76. The molecular weight excluding hydrogens is 424 g/mol. The van der Waals surface area contributed by atoms with Gasteiger partial charge in [-0.3, -0.25) is 0 Å². The lowest BCUT2D eigenvalue weighted by Crippen LogP contribution is -2.51. The van der Waals surface area contributed by atoms with Crippen molar-refractivity contribution in [3.63, 3.8) is 0 Å². The molecule has 1 aliphatic heterocycles. The zero-order valence-corrected chi connectivity index (χ0v) is 18.2. The van der Waals surface area contributed by atoms with E-state index in [1.54, 1.807) is 18.5 Å². The van der Waals surface area contributed by atoms with Gasteiger partial charge in [0.25, 0.3) is 10.2 Å². The maximum atomic E-state index is 11.5. The van der Waals surface area contributed by atoms with E-state index >= 15 is 0 Å². The lowest BCUT2D eigenvalue weighted by Gasteiger charge is -2.39. The minimum absolute atomic E-state index is 0.107.